The normalized spacial score (nSPS) is 34.2. The van der Waals surface area contributed by atoms with Gasteiger partial charge in [-0.25, -0.2) is 0 Å². The standard InChI is InChI=1S/C12H11N/c13-7-11-10-6-5-8-3-1-2-4-9(8)12(10)11/h1-4,10-12H,5-6H2. The maximum absolute atomic E-state index is 8.91. The van der Waals surface area contributed by atoms with Crippen molar-refractivity contribution in [3.8, 4) is 6.07 Å². The molecular formula is C12H11N. The molecule has 2 aliphatic carbocycles. The van der Waals surface area contributed by atoms with Gasteiger partial charge in [0.25, 0.3) is 0 Å². The number of rotatable bonds is 0. The maximum Gasteiger partial charge on any atom is 0.0665 e. The fourth-order valence-electron chi connectivity index (χ4n) is 2.74. The Morgan fingerprint density at radius 3 is 3.00 bits per heavy atom. The summed E-state index contributed by atoms with van der Waals surface area (Å²) in [6.07, 6.45) is 2.40. The van der Waals surface area contributed by atoms with E-state index in [9.17, 15) is 0 Å². The van der Waals surface area contributed by atoms with Gasteiger partial charge in [-0.2, -0.15) is 5.26 Å². The van der Waals surface area contributed by atoms with E-state index in [1.807, 2.05) is 0 Å². The third-order valence-corrected chi connectivity index (χ3v) is 3.48. The molecule has 0 heterocycles. The van der Waals surface area contributed by atoms with Crippen LogP contribution in [0.25, 0.3) is 0 Å². The van der Waals surface area contributed by atoms with Crippen molar-refractivity contribution in [1.82, 2.24) is 0 Å². The van der Waals surface area contributed by atoms with Crippen molar-refractivity contribution in [2.24, 2.45) is 11.8 Å². The number of hydrogen-bond acceptors (Lipinski definition) is 1. The van der Waals surface area contributed by atoms with Crippen LogP contribution in [0.1, 0.15) is 23.5 Å². The van der Waals surface area contributed by atoms with Gasteiger partial charge in [0.2, 0.25) is 0 Å². The zero-order valence-corrected chi connectivity index (χ0v) is 7.40. The van der Waals surface area contributed by atoms with E-state index in [0.717, 1.165) is 0 Å². The Morgan fingerprint density at radius 2 is 2.15 bits per heavy atom. The van der Waals surface area contributed by atoms with Crippen molar-refractivity contribution >= 4 is 0 Å². The Balaban J connectivity index is 2.06. The van der Waals surface area contributed by atoms with Crippen LogP contribution in [0.5, 0.6) is 0 Å². The van der Waals surface area contributed by atoms with E-state index in [1.165, 1.54) is 24.0 Å². The number of fused-ring (bicyclic) bond motifs is 3. The van der Waals surface area contributed by atoms with Crippen LogP contribution in [0, 0.1) is 23.2 Å². The fraction of sp³-hybridized carbons (Fsp3) is 0.417. The molecule has 3 unspecified atom stereocenters. The number of hydrogen-bond donors (Lipinski definition) is 0. The molecule has 1 nitrogen and oxygen atoms in total. The lowest BCUT2D eigenvalue weighted by Gasteiger charge is -2.13. The van der Waals surface area contributed by atoms with Crippen molar-refractivity contribution in [1.29, 1.82) is 5.26 Å². The second-order valence-corrected chi connectivity index (χ2v) is 4.08. The number of nitrogens with zero attached hydrogens (tertiary/aromatic N) is 1. The molecular weight excluding hydrogens is 158 g/mol. The highest BCUT2D eigenvalue weighted by molar-refractivity contribution is 5.41. The van der Waals surface area contributed by atoms with Gasteiger partial charge in [-0.3, -0.25) is 0 Å². The maximum atomic E-state index is 8.91. The summed E-state index contributed by atoms with van der Waals surface area (Å²) in [7, 11) is 0. The van der Waals surface area contributed by atoms with Crippen LogP contribution in [-0.4, -0.2) is 0 Å². The lowest BCUT2D eigenvalue weighted by Crippen LogP contribution is -2.00. The molecule has 0 aromatic heterocycles. The second kappa shape index (κ2) is 2.35. The third-order valence-electron chi connectivity index (χ3n) is 3.48. The molecule has 1 fully saturated rings. The molecule has 1 aromatic rings. The van der Waals surface area contributed by atoms with Crippen molar-refractivity contribution in [3.63, 3.8) is 0 Å². The first-order valence-corrected chi connectivity index (χ1v) is 4.89. The van der Waals surface area contributed by atoms with Crippen LogP contribution < -0.4 is 0 Å². The Bertz CT molecular complexity index is 388. The monoisotopic (exact) mass is 169 g/mol. The minimum atomic E-state index is 0.323. The van der Waals surface area contributed by atoms with Crippen LogP contribution in [0.15, 0.2) is 24.3 Å². The van der Waals surface area contributed by atoms with E-state index in [1.54, 1.807) is 0 Å². The molecule has 0 radical (unpaired) electrons. The molecule has 0 spiro atoms. The summed E-state index contributed by atoms with van der Waals surface area (Å²) >= 11 is 0. The summed E-state index contributed by atoms with van der Waals surface area (Å²) in [4.78, 5) is 0. The van der Waals surface area contributed by atoms with Gasteiger partial charge < -0.3 is 0 Å². The van der Waals surface area contributed by atoms with Gasteiger partial charge in [0.15, 0.2) is 0 Å². The summed E-state index contributed by atoms with van der Waals surface area (Å²) in [5.74, 6) is 1.58. The molecule has 13 heavy (non-hydrogen) atoms. The SMILES string of the molecule is N#CC1C2CCc3ccccc3C12. The summed E-state index contributed by atoms with van der Waals surface area (Å²) < 4.78 is 0. The largest absolute Gasteiger partial charge is 0.198 e. The topological polar surface area (TPSA) is 23.8 Å². The Hall–Kier alpha value is -1.29. The summed E-state index contributed by atoms with van der Waals surface area (Å²) in [5, 5.41) is 8.91. The minimum absolute atomic E-state index is 0.323. The highest BCUT2D eigenvalue weighted by Crippen LogP contribution is 2.59. The Kier molecular flexibility index (Phi) is 1.29. The summed E-state index contributed by atoms with van der Waals surface area (Å²) in [5.41, 5.74) is 2.92. The van der Waals surface area contributed by atoms with Crippen LogP contribution in [0.4, 0.5) is 0 Å². The highest BCUT2D eigenvalue weighted by Gasteiger charge is 2.53. The fourth-order valence-corrected chi connectivity index (χ4v) is 2.74. The van der Waals surface area contributed by atoms with Gasteiger partial charge in [0.1, 0.15) is 0 Å². The van der Waals surface area contributed by atoms with E-state index in [4.69, 9.17) is 5.26 Å². The van der Waals surface area contributed by atoms with Gasteiger partial charge in [0, 0.05) is 5.92 Å². The molecule has 1 heteroatoms. The minimum Gasteiger partial charge on any atom is -0.198 e. The molecule has 0 saturated heterocycles. The number of aryl methyl sites for hydroxylation is 1. The van der Waals surface area contributed by atoms with Gasteiger partial charge in [-0.1, -0.05) is 24.3 Å². The van der Waals surface area contributed by atoms with Gasteiger partial charge >= 0.3 is 0 Å². The zero-order chi connectivity index (χ0) is 8.84. The molecule has 0 N–H and O–H groups in total. The van der Waals surface area contributed by atoms with Crippen LogP contribution in [0.3, 0.4) is 0 Å². The van der Waals surface area contributed by atoms with E-state index < -0.39 is 0 Å². The van der Waals surface area contributed by atoms with E-state index in [2.05, 4.69) is 30.3 Å². The molecule has 0 aliphatic heterocycles. The summed E-state index contributed by atoms with van der Waals surface area (Å²) in [6.45, 7) is 0. The van der Waals surface area contributed by atoms with Crippen molar-refractivity contribution in [2.75, 3.05) is 0 Å². The lowest BCUT2D eigenvalue weighted by atomic mass is 9.92. The van der Waals surface area contributed by atoms with Crippen molar-refractivity contribution in [2.45, 2.75) is 18.8 Å². The average Bonchev–Trinajstić information content (AvgIpc) is 2.91. The lowest BCUT2D eigenvalue weighted by molar-refractivity contribution is 0.657. The van der Waals surface area contributed by atoms with E-state index >= 15 is 0 Å². The first-order chi connectivity index (χ1) is 6.42. The molecule has 64 valence electrons. The first kappa shape index (κ1) is 7.15. The van der Waals surface area contributed by atoms with E-state index in [-0.39, 0.29) is 0 Å². The van der Waals surface area contributed by atoms with Crippen LogP contribution in [0.2, 0.25) is 0 Å². The third kappa shape index (κ3) is 0.862. The number of benzene rings is 1. The molecule has 0 amide bonds. The number of nitriles is 1. The first-order valence-electron chi connectivity index (χ1n) is 4.89. The Morgan fingerprint density at radius 1 is 1.31 bits per heavy atom. The van der Waals surface area contributed by atoms with Crippen molar-refractivity contribution in [3.05, 3.63) is 35.4 Å². The smallest absolute Gasteiger partial charge is 0.0665 e. The predicted molar refractivity (Wildman–Crippen MR) is 50.1 cm³/mol. The summed E-state index contributed by atoms with van der Waals surface area (Å²) in [6, 6.07) is 11.0. The Labute approximate surface area is 78.0 Å². The second-order valence-electron chi connectivity index (χ2n) is 4.08. The van der Waals surface area contributed by atoms with Crippen LogP contribution >= 0.6 is 0 Å². The van der Waals surface area contributed by atoms with Crippen LogP contribution in [-0.2, 0) is 6.42 Å². The molecule has 3 atom stereocenters. The quantitative estimate of drug-likeness (QED) is 0.585. The molecule has 3 rings (SSSR count). The predicted octanol–water partition coefficient (Wildman–Crippen LogP) is 2.49. The highest BCUT2D eigenvalue weighted by atomic mass is 14.6. The average molecular weight is 169 g/mol. The zero-order valence-electron chi connectivity index (χ0n) is 7.40. The van der Waals surface area contributed by atoms with Gasteiger partial charge in [0.05, 0.1) is 12.0 Å². The van der Waals surface area contributed by atoms with Gasteiger partial charge in [-0.15, -0.1) is 0 Å². The van der Waals surface area contributed by atoms with Gasteiger partial charge in [-0.05, 0) is 29.9 Å². The van der Waals surface area contributed by atoms with Crippen molar-refractivity contribution < 1.29 is 0 Å². The molecule has 0 bridgehead atoms. The van der Waals surface area contributed by atoms with E-state index in [0.29, 0.717) is 17.8 Å². The molecule has 1 saturated carbocycles. The molecule has 2 aliphatic rings. The molecule has 1 aromatic carbocycles.